The third-order valence-corrected chi connectivity index (χ3v) is 5.01. The van der Waals surface area contributed by atoms with Gasteiger partial charge < -0.3 is 15.5 Å². The van der Waals surface area contributed by atoms with Crippen molar-refractivity contribution in [1.82, 2.24) is 4.90 Å². The molecule has 0 spiro atoms. The number of nitrogens with one attached hydrogen (secondary N) is 2. The molecule has 28 heavy (non-hydrogen) atoms. The minimum atomic E-state index is -0.110. The monoisotopic (exact) mass is 379 g/mol. The van der Waals surface area contributed by atoms with Gasteiger partial charge >= 0.3 is 0 Å². The Kier molecular flexibility index (Phi) is 6.02. The van der Waals surface area contributed by atoms with Crippen LogP contribution in [-0.2, 0) is 10.2 Å². The number of carbonyl (C=O) groups is 2. The van der Waals surface area contributed by atoms with Crippen LogP contribution in [0.3, 0.4) is 0 Å². The summed E-state index contributed by atoms with van der Waals surface area (Å²) >= 11 is 0. The van der Waals surface area contributed by atoms with E-state index in [2.05, 4.69) is 31.4 Å². The molecule has 5 nitrogen and oxygen atoms in total. The van der Waals surface area contributed by atoms with Gasteiger partial charge in [-0.15, -0.1) is 0 Å². The molecule has 0 unspecified atom stereocenters. The van der Waals surface area contributed by atoms with Crippen LogP contribution in [0.1, 0.15) is 49.5 Å². The van der Waals surface area contributed by atoms with Crippen LogP contribution in [0.15, 0.2) is 48.5 Å². The predicted molar refractivity (Wildman–Crippen MR) is 114 cm³/mol. The van der Waals surface area contributed by atoms with Gasteiger partial charge in [-0.25, -0.2) is 0 Å². The number of hydrogen-bond donors (Lipinski definition) is 2. The fourth-order valence-electron chi connectivity index (χ4n) is 3.27. The Balaban J connectivity index is 1.49. The first-order valence-electron chi connectivity index (χ1n) is 9.86. The van der Waals surface area contributed by atoms with Gasteiger partial charge in [-0.2, -0.15) is 0 Å². The van der Waals surface area contributed by atoms with Crippen LogP contribution in [0.5, 0.6) is 0 Å². The lowest BCUT2D eigenvalue weighted by Gasteiger charge is -2.19. The molecule has 148 valence electrons. The summed E-state index contributed by atoms with van der Waals surface area (Å²) in [5.41, 5.74) is 3.61. The molecule has 5 heteroatoms. The predicted octanol–water partition coefficient (Wildman–Crippen LogP) is 4.27. The van der Waals surface area contributed by atoms with Gasteiger partial charge in [-0.3, -0.25) is 9.59 Å². The van der Waals surface area contributed by atoms with Gasteiger partial charge in [-0.1, -0.05) is 32.9 Å². The Hall–Kier alpha value is -2.82. The van der Waals surface area contributed by atoms with E-state index < -0.39 is 0 Å². The molecular weight excluding hydrogens is 350 g/mol. The minimum absolute atomic E-state index is 0.0838. The Labute approximate surface area is 167 Å². The van der Waals surface area contributed by atoms with Gasteiger partial charge in [0.2, 0.25) is 5.91 Å². The van der Waals surface area contributed by atoms with E-state index in [0.29, 0.717) is 5.56 Å². The first-order chi connectivity index (χ1) is 13.3. The van der Waals surface area contributed by atoms with Crippen molar-refractivity contribution in [2.45, 2.75) is 39.0 Å². The highest BCUT2D eigenvalue weighted by Crippen LogP contribution is 2.23. The lowest BCUT2D eigenvalue weighted by Crippen LogP contribution is -2.27. The molecule has 0 saturated carbocycles. The van der Waals surface area contributed by atoms with E-state index in [0.717, 1.165) is 37.3 Å². The van der Waals surface area contributed by atoms with Crippen molar-refractivity contribution in [1.29, 1.82) is 0 Å². The Bertz CT molecular complexity index is 814. The Morgan fingerprint density at radius 3 is 2.04 bits per heavy atom. The van der Waals surface area contributed by atoms with Crippen molar-refractivity contribution in [2.24, 2.45) is 0 Å². The van der Waals surface area contributed by atoms with Gasteiger partial charge in [0.05, 0.1) is 6.54 Å². The van der Waals surface area contributed by atoms with Gasteiger partial charge in [0.15, 0.2) is 0 Å². The van der Waals surface area contributed by atoms with Crippen molar-refractivity contribution in [3.05, 3.63) is 59.7 Å². The number of anilines is 2. The molecule has 0 aromatic heterocycles. The van der Waals surface area contributed by atoms with E-state index in [9.17, 15) is 9.59 Å². The number of hydrogen-bond acceptors (Lipinski definition) is 3. The standard InChI is InChI=1S/C23H29N3O2/c1-23(2,3)18-8-12-20(13-9-18)25-21(27)16-24-19-10-6-17(7-11-19)22(28)26-14-4-5-15-26/h6-13,24H,4-5,14-16H2,1-3H3,(H,25,27). The maximum Gasteiger partial charge on any atom is 0.253 e. The second kappa shape index (κ2) is 8.46. The highest BCUT2D eigenvalue weighted by Gasteiger charge is 2.19. The van der Waals surface area contributed by atoms with Crippen LogP contribution in [0.25, 0.3) is 0 Å². The smallest absolute Gasteiger partial charge is 0.253 e. The number of likely N-dealkylation sites (tertiary alicyclic amines) is 1. The minimum Gasteiger partial charge on any atom is -0.376 e. The van der Waals surface area contributed by atoms with Crippen molar-refractivity contribution in [2.75, 3.05) is 30.3 Å². The van der Waals surface area contributed by atoms with Crippen LogP contribution in [0, 0.1) is 0 Å². The van der Waals surface area contributed by atoms with Crippen molar-refractivity contribution >= 4 is 23.2 Å². The zero-order valence-corrected chi connectivity index (χ0v) is 16.9. The molecule has 1 fully saturated rings. The fraction of sp³-hybridized carbons (Fsp3) is 0.391. The molecule has 2 aromatic rings. The summed E-state index contributed by atoms with van der Waals surface area (Å²) in [5.74, 6) is -0.0266. The van der Waals surface area contributed by atoms with Crippen LogP contribution >= 0.6 is 0 Å². The van der Waals surface area contributed by atoms with Crippen molar-refractivity contribution in [3.8, 4) is 0 Å². The van der Waals surface area contributed by atoms with Crippen molar-refractivity contribution < 1.29 is 9.59 Å². The number of benzene rings is 2. The molecule has 2 amide bonds. The normalized spacial score (nSPS) is 14.0. The lowest BCUT2D eigenvalue weighted by molar-refractivity contribution is -0.114. The molecule has 0 aliphatic carbocycles. The van der Waals surface area contributed by atoms with Crippen LogP contribution in [-0.4, -0.2) is 36.3 Å². The third kappa shape index (κ3) is 5.12. The van der Waals surface area contributed by atoms with E-state index in [1.807, 2.05) is 53.4 Å². The van der Waals surface area contributed by atoms with Crippen LogP contribution in [0.2, 0.25) is 0 Å². The zero-order chi connectivity index (χ0) is 20.1. The van der Waals surface area contributed by atoms with E-state index in [1.54, 1.807) is 0 Å². The maximum atomic E-state index is 12.4. The largest absolute Gasteiger partial charge is 0.376 e. The summed E-state index contributed by atoms with van der Waals surface area (Å²) in [7, 11) is 0. The summed E-state index contributed by atoms with van der Waals surface area (Å²) in [6.45, 7) is 8.34. The van der Waals surface area contributed by atoms with Gasteiger partial charge in [-0.05, 0) is 60.2 Å². The summed E-state index contributed by atoms with van der Waals surface area (Å²) in [5, 5.41) is 5.99. The highest BCUT2D eigenvalue weighted by molar-refractivity contribution is 5.95. The first-order valence-corrected chi connectivity index (χ1v) is 9.86. The molecule has 0 atom stereocenters. The second-order valence-corrected chi connectivity index (χ2v) is 8.31. The first kappa shape index (κ1) is 19.9. The zero-order valence-electron chi connectivity index (χ0n) is 16.9. The molecule has 3 rings (SSSR count). The topological polar surface area (TPSA) is 61.4 Å². The lowest BCUT2D eigenvalue weighted by atomic mass is 9.87. The molecular formula is C23H29N3O2. The number of nitrogens with zero attached hydrogens (tertiary/aromatic N) is 1. The van der Waals surface area contributed by atoms with Gasteiger partial charge in [0.25, 0.3) is 5.91 Å². The fourth-order valence-corrected chi connectivity index (χ4v) is 3.27. The summed E-state index contributed by atoms with van der Waals surface area (Å²) < 4.78 is 0. The number of rotatable bonds is 5. The van der Waals surface area contributed by atoms with E-state index in [1.165, 1.54) is 5.56 Å². The molecule has 2 aromatic carbocycles. The quantitative estimate of drug-likeness (QED) is 0.815. The van der Waals surface area contributed by atoms with Crippen LogP contribution in [0.4, 0.5) is 11.4 Å². The van der Waals surface area contributed by atoms with E-state index in [-0.39, 0.29) is 23.8 Å². The summed E-state index contributed by atoms with van der Waals surface area (Å²) in [4.78, 5) is 26.4. The molecule has 1 aliphatic rings. The summed E-state index contributed by atoms with van der Waals surface area (Å²) in [6.07, 6.45) is 2.17. The van der Waals surface area contributed by atoms with E-state index in [4.69, 9.17) is 0 Å². The number of carbonyl (C=O) groups excluding carboxylic acids is 2. The Morgan fingerprint density at radius 1 is 0.893 bits per heavy atom. The van der Waals surface area contributed by atoms with E-state index >= 15 is 0 Å². The van der Waals surface area contributed by atoms with Crippen LogP contribution < -0.4 is 10.6 Å². The molecule has 0 radical (unpaired) electrons. The average molecular weight is 380 g/mol. The molecule has 2 N–H and O–H groups in total. The third-order valence-electron chi connectivity index (χ3n) is 5.01. The number of amides is 2. The Morgan fingerprint density at radius 2 is 1.46 bits per heavy atom. The second-order valence-electron chi connectivity index (χ2n) is 8.31. The van der Waals surface area contributed by atoms with Gasteiger partial charge in [0.1, 0.15) is 0 Å². The molecule has 1 saturated heterocycles. The van der Waals surface area contributed by atoms with Crippen molar-refractivity contribution in [3.63, 3.8) is 0 Å². The maximum absolute atomic E-state index is 12.4. The SMILES string of the molecule is CC(C)(C)c1ccc(NC(=O)CNc2ccc(C(=O)N3CCCC3)cc2)cc1. The highest BCUT2D eigenvalue weighted by atomic mass is 16.2. The molecule has 1 heterocycles. The summed E-state index contributed by atoms with van der Waals surface area (Å²) in [6, 6.07) is 15.2. The molecule has 1 aliphatic heterocycles. The van der Waals surface area contributed by atoms with Gasteiger partial charge in [0, 0.05) is 30.0 Å². The molecule has 0 bridgehead atoms. The average Bonchev–Trinajstić information content (AvgIpc) is 3.21.